The summed E-state index contributed by atoms with van der Waals surface area (Å²) < 4.78 is 33.6. The first-order valence-electron chi connectivity index (χ1n) is 14.1. The predicted molar refractivity (Wildman–Crippen MR) is 162 cm³/mol. The average Bonchev–Trinajstić information content (AvgIpc) is 3.67. The number of pyridine rings is 2. The van der Waals surface area contributed by atoms with E-state index in [0.29, 0.717) is 45.0 Å². The van der Waals surface area contributed by atoms with Crippen molar-refractivity contribution < 1.29 is 27.9 Å². The first-order chi connectivity index (χ1) is 20.7. The second kappa shape index (κ2) is 13.6. The number of carbonyl (C=O) groups excluding carboxylic acids is 1. The van der Waals surface area contributed by atoms with Crippen LogP contribution in [0.4, 0.5) is 5.13 Å². The number of carboxylic acid groups (broad SMARTS) is 1. The number of amides is 1. The fourth-order valence-corrected chi connectivity index (χ4v) is 7.58. The Morgan fingerprint density at radius 3 is 2.53 bits per heavy atom. The number of rotatable bonds is 13. The van der Waals surface area contributed by atoms with Crippen molar-refractivity contribution in [1.29, 1.82) is 0 Å². The number of aliphatic carboxylic acids is 1. The molecule has 1 aliphatic carbocycles. The van der Waals surface area contributed by atoms with E-state index in [1.54, 1.807) is 48.7 Å². The molecule has 1 saturated carbocycles. The van der Waals surface area contributed by atoms with Gasteiger partial charge >= 0.3 is 5.97 Å². The van der Waals surface area contributed by atoms with Crippen LogP contribution in [-0.2, 0) is 26.2 Å². The highest BCUT2D eigenvalue weighted by atomic mass is 32.2. The third-order valence-corrected chi connectivity index (χ3v) is 10.3. The molecule has 13 heteroatoms. The van der Waals surface area contributed by atoms with E-state index in [2.05, 4.69) is 20.3 Å². The number of carbonyl (C=O) groups is 2. The van der Waals surface area contributed by atoms with E-state index in [1.165, 1.54) is 30.6 Å². The normalized spacial score (nSPS) is 14.7. The lowest BCUT2D eigenvalue weighted by Crippen LogP contribution is -2.33. The van der Waals surface area contributed by atoms with Gasteiger partial charge in [-0.1, -0.05) is 55.2 Å². The third-order valence-electron chi connectivity index (χ3n) is 7.59. The summed E-state index contributed by atoms with van der Waals surface area (Å²) in [6, 6.07) is 15.0. The zero-order valence-electron chi connectivity index (χ0n) is 23.7. The number of anilines is 1. The zero-order valence-corrected chi connectivity index (χ0v) is 25.3. The van der Waals surface area contributed by atoms with Crippen LogP contribution in [0.25, 0.3) is 10.3 Å². The predicted octanol–water partition coefficient (Wildman–Crippen LogP) is 5.06. The molecule has 1 amide bonds. The Balaban J connectivity index is 1.38. The molecule has 2 N–H and O–H groups in total. The number of hydrogen-bond acceptors (Lipinski definition) is 9. The number of methoxy groups -OCH3 is 1. The molecule has 0 saturated heterocycles. The van der Waals surface area contributed by atoms with Gasteiger partial charge in [0.15, 0.2) is 5.13 Å². The Labute approximate surface area is 254 Å². The van der Waals surface area contributed by atoms with Crippen molar-refractivity contribution in [2.45, 2.75) is 55.9 Å². The zero-order chi connectivity index (χ0) is 30.4. The first-order valence-corrected chi connectivity index (χ1v) is 16.3. The number of benzene rings is 1. The number of ether oxygens (including phenoxy) is 1. The molecular weight excluding hydrogens is 590 g/mol. The molecule has 1 aromatic carbocycles. The Kier molecular flexibility index (Phi) is 9.63. The van der Waals surface area contributed by atoms with Crippen LogP contribution in [-0.4, -0.2) is 58.3 Å². The number of nitrogens with one attached hydrogen (secondary N) is 1. The Morgan fingerprint density at radius 1 is 1.09 bits per heavy atom. The number of sulfonamides is 1. The van der Waals surface area contributed by atoms with Crippen LogP contribution in [0.3, 0.4) is 0 Å². The van der Waals surface area contributed by atoms with Gasteiger partial charge < -0.3 is 15.2 Å². The van der Waals surface area contributed by atoms with Gasteiger partial charge in [0, 0.05) is 18.8 Å². The van der Waals surface area contributed by atoms with Crippen molar-refractivity contribution in [2.24, 2.45) is 5.92 Å². The second-order valence-corrected chi connectivity index (χ2v) is 13.4. The SMILES string of the molecule is COc1ccc2nc(NC(=O)C(CC3CCCC3)c3ccc(S(=O)(=O)N(CCC(=O)O)Cc4ccccn4)cc3)sc2n1. The van der Waals surface area contributed by atoms with E-state index in [4.69, 9.17) is 4.74 Å². The van der Waals surface area contributed by atoms with Crippen molar-refractivity contribution in [3.05, 3.63) is 72.1 Å². The van der Waals surface area contributed by atoms with Gasteiger partial charge in [0.2, 0.25) is 21.8 Å². The van der Waals surface area contributed by atoms with Crippen LogP contribution in [0.2, 0.25) is 0 Å². The fraction of sp³-hybridized carbons (Fsp3) is 0.367. The minimum absolute atomic E-state index is 0.0174. The summed E-state index contributed by atoms with van der Waals surface area (Å²) in [6.45, 7) is -0.264. The summed E-state index contributed by atoms with van der Waals surface area (Å²) in [5.74, 6) is -0.965. The number of nitrogens with zero attached hydrogens (tertiary/aromatic N) is 4. The van der Waals surface area contributed by atoms with Crippen molar-refractivity contribution in [1.82, 2.24) is 19.3 Å². The summed E-state index contributed by atoms with van der Waals surface area (Å²) in [7, 11) is -2.51. The minimum Gasteiger partial charge on any atom is -0.481 e. The number of fused-ring (bicyclic) bond motifs is 1. The second-order valence-electron chi connectivity index (χ2n) is 10.5. The largest absolute Gasteiger partial charge is 0.481 e. The van der Waals surface area contributed by atoms with Crippen LogP contribution in [0.5, 0.6) is 5.88 Å². The first kappa shape index (κ1) is 30.5. The molecule has 43 heavy (non-hydrogen) atoms. The maximum Gasteiger partial charge on any atom is 0.304 e. The molecule has 1 unspecified atom stereocenters. The lowest BCUT2D eigenvalue weighted by molar-refractivity contribution is -0.137. The molecule has 5 rings (SSSR count). The maximum absolute atomic E-state index is 13.7. The Morgan fingerprint density at radius 2 is 1.86 bits per heavy atom. The van der Waals surface area contributed by atoms with E-state index in [9.17, 15) is 23.1 Å². The van der Waals surface area contributed by atoms with Gasteiger partial charge in [-0.3, -0.25) is 14.6 Å². The molecule has 0 spiro atoms. The molecule has 1 fully saturated rings. The molecule has 11 nitrogen and oxygen atoms in total. The van der Waals surface area contributed by atoms with Gasteiger partial charge in [0.25, 0.3) is 0 Å². The van der Waals surface area contributed by atoms with E-state index in [-0.39, 0.29) is 30.3 Å². The van der Waals surface area contributed by atoms with Crippen LogP contribution >= 0.6 is 11.3 Å². The molecule has 1 aliphatic rings. The molecule has 3 heterocycles. The topological polar surface area (TPSA) is 152 Å². The summed E-state index contributed by atoms with van der Waals surface area (Å²) in [5.41, 5.74) is 1.86. The number of thiazole rings is 1. The standard InChI is InChI=1S/C30H33N5O6S2/c1-41-26-14-13-25-29(33-26)42-30(32-25)34-28(38)24(18-20-6-2-3-7-20)21-9-11-23(12-10-21)43(39,40)35(17-15-27(36)37)19-22-8-4-5-16-31-22/h4-5,8-14,16,20,24H,2-3,6-7,15,17-19H2,1H3,(H,36,37)(H,32,34,38). The van der Waals surface area contributed by atoms with E-state index >= 15 is 0 Å². The lowest BCUT2D eigenvalue weighted by Gasteiger charge is -2.23. The van der Waals surface area contributed by atoms with Gasteiger partial charge in [0.1, 0.15) is 10.3 Å². The molecule has 226 valence electrons. The highest BCUT2D eigenvalue weighted by molar-refractivity contribution is 7.89. The number of carboxylic acids is 1. The molecule has 3 aromatic heterocycles. The molecular formula is C30H33N5O6S2. The quantitative estimate of drug-likeness (QED) is 0.208. The van der Waals surface area contributed by atoms with Gasteiger partial charge in [-0.05, 0) is 48.2 Å². The Hall–Kier alpha value is -3.94. The third kappa shape index (κ3) is 7.53. The molecule has 0 aliphatic heterocycles. The van der Waals surface area contributed by atoms with E-state index < -0.39 is 21.9 Å². The molecule has 0 bridgehead atoms. The van der Waals surface area contributed by atoms with Crippen molar-refractivity contribution in [2.75, 3.05) is 19.0 Å². The van der Waals surface area contributed by atoms with Crippen molar-refractivity contribution in [3.63, 3.8) is 0 Å². The highest BCUT2D eigenvalue weighted by Gasteiger charge is 2.30. The van der Waals surface area contributed by atoms with Gasteiger partial charge in [0.05, 0.1) is 36.6 Å². The summed E-state index contributed by atoms with van der Waals surface area (Å²) in [5, 5.41) is 12.6. The number of aromatic nitrogens is 3. The molecule has 4 aromatic rings. The summed E-state index contributed by atoms with van der Waals surface area (Å²) in [6.07, 6.45) is 6.21. The van der Waals surface area contributed by atoms with Crippen LogP contribution in [0.1, 0.15) is 55.7 Å². The van der Waals surface area contributed by atoms with Gasteiger partial charge in [-0.25, -0.2) is 18.4 Å². The fourth-order valence-electron chi connectivity index (χ4n) is 5.33. The smallest absolute Gasteiger partial charge is 0.304 e. The van der Waals surface area contributed by atoms with E-state index in [1.807, 2.05) is 0 Å². The highest BCUT2D eigenvalue weighted by Crippen LogP contribution is 2.36. The van der Waals surface area contributed by atoms with Gasteiger partial charge in [-0.15, -0.1) is 0 Å². The van der Waals surface area contributed by atoms with Crippen LogP contribution in [0.15, 0.2) is 65.7 Å². The van der Waals surface area contributed by atoms with Crippen LogP contribution < -0.4 is 10.1 Å². The molecule has 0 radical (unpaired) electrons. The average molecular weight is 624 g/mol. The van der Waals surface area contributed by atoms with Crippen LogP contribution in [0, 0.1) is 5.92 Å². The molecule has 1 atom stereocenters. The summed E-state index contributed by atoms with van der Waals surface area (Å²) in [4.78, 5) is 38.7. The van der Waals surface area contributed by atoms with Gasteiger partial charge in [-0.2, -0.15) is 4.31 Å². The van der Waals surface area contributed by atoms with E-state index in [0.717, 1.165) is 30.0 Å². The number of hydrogen-bond donors (Lipinski definition) is 2. The maximum atomic E-state index is 13.7. The lowest BCUT2D eigenvalue weighted by atomic mass is 9.87. The van der Waals surface area contributed by atoms with Crippen molar-refractivity contribution in [3.8, 4) is 5.88 Å². The Bertz CT molecular complexity index is 1670. The minimum atomic E-state index is -4.05. The van der Waals surface area contributed by atoms with Crippen molar-refractivity contribution >= 4 is 48.7 Å². The summed E-state index contributed by atoms with van der Waals surface area (Å²) >= 11 is 1.26. The monoisotopic (exact) mass is 623 g/mol.